The molecule has 0 aliphatic heterocycles. The summed E-state index contributed by atoms with van der Waals surface area (Å²) < 4.78 is 43.2. The SMILES string of the molecule is CCC(C)(C)C(C)(F)C(F)(F)C(C)(C)CC. The summed E-state index contributed by atoms with van der Waals surface area (Å²) in [6, 6.07) is 0. The fourth-order valence-corrected chi connectivity index (χ4v) is 1.61. The molecule has 3 heteroatoms. The van der Waals surface area contributed by atoms with Gasteiger partial charge in [0.25, 0.3) is 5.92 Å². The fourth-order valence-electron chi connectivity index (χ4n) is 1.61. The van der Waals surface area contributed by atoms with Gasteiger partial charge in [0.1, 0.15) is 0 Å². The molecule has 0 saturated heterocycles. The van der Waals surface area contributed by atoms with Gasteiger partial charge in [-0.15, -0.1) is 0 Å². The van der Waals surface area contributed by atoms with Crippen molar-refractivity contribution >= 4 is 0 Å². The highest BCUT2D eigenvalue weighted by atomic mass is 19.3. The molecule has 0 saturated carbocycles. The van der Waals surface area contributed by atoms with Crippen LogP contribution in [-0.2, 0) is 0 Å². The smallest absolute Gasteiger partial charge is 0.237 e. The summed E-state index contributed by atoms with van der Waals surface area (Å²) in [4.78, 5) is 0. The Morgan fingerprint density at radius 3 is 1.25 bits per heavy atom. The van der Waals surface area contributed by atoms with Crippen LogP contribution in [0.4, 0.5) is 13.2 Å². The predicted octanol–water partition coefficient (Wildman–Crippen LogP) is 5.22. The van der Waals surface area contributed by atoms with Crippen molar-refractivity contribution in [1.82, 2.24) is 0 Å². The standard InChI is InChI=1S/C13H25F3/c1-8-10(3,4)12(7,14)13(15,16)11(5,6)9-2/h8-9H2,1-7H3. The molecule has 1 unspecified atom stereocenters. The third kappa shape index (κ3) is 2.10. The van der Waals surface area contributed by atoms with Gasteiger partial charge in [-0.05, 0) is 19.8 Å². The number of halogens is 3. The minimum atomic E-state index is -3.34. The zero-order valence-corrected chi connectivity index (χ0v) is 11.5. The molecule has 0 bridgehead atoms. The summed E-state index contributed by atoms with van der Waals surface area (Å²) in [7, 11) is 0. The van der Waals surface area contributed by atoms with Gasteiger partial charge in [-0.3, -0.25) is 0 Å². The molecule has 0 radical (unpaired) electrons. The molecular formula is C13H25F3. The lowest BCUT2D eigenvalue weighted by Gasteiger charge is -2.48. The Labute approximate surface area is 97.6 Å². The van der Waals surface area contributed by atoms with E-state index in [4.69, 9.17) is 0 Å². The molecule has 0 aromatic rings. The third-order valence-electron chi connectivity index (χ3n) is 4.48. The van der Waals surface area contributed by atoms with Crippen LogP contribution in [0.25, 0.3) is 0 Å². The second kappa shape index (κ2) is 4.23. The molecule has 0 rings (SSSR count). The summed E-state index contributed by atoms with van der Waals surface area (Å²) in [5.74, 6) is -3.34. The normalized spacial score (nSPS) is 18.4. The molecule has 16 heavy (non-hydrogen) atoms. The van der Waals surface area contributed by atoms with E-state index in [1.807, 2.05) is 0 Å². The zero-order valence-electron chi connectivity index (χ0n) is 11.5. The van der Waals surface area contributed by atoms with E-state index in [9.17, 15) is 13.2 Å². The zero-order chi connectivity index (χ0) is 13.4. The summed E-state index contributed by atoms with van der Waals surface area (Å²) >= 11 is 0. The van der Waals surface area contributed by atoms with Gasteiger partial charge in [0, 0.05) is 10.8 Å². The molecule has 0 nitrogen and oxygen atoms in total. The summed E-state index contributed by atoms with van der Waals surface area (Å²) in [5.41, 5.74) is -4.87. The van der Waals surface area contributed by atoms with E-state index < -0.39 is 22.4 Å². The lowest BCUT2D eigenvalue weighted by Crippen LogP contribution is -2.58. The molecular weight excluding hydrogens is 213 g/mol. The lowest BCUT2D eigenvalue weighted by atomic mass is 9.64. The van der Waals surface area contributed by atoms with E-state index in [2.05, 4.69) is 0 Å². The molecule has 0 spiro atoms. The highest BCUT2D eigenvalue weighted by Gasteiger charge is 2.65. The molecule has 1 atom stereocenters. The highest BCUT2D eigenvalue weighted by molar-refractivity contribution is 5.05. The first-order chi connectivity index (χ1) is 6.87. The van der Waals surface area contributed by atoms with Crippen LogP contribution in [0.15, 0.2) is 0 Å². The van der Waals surface area contributed by atoms with Crippen LogP contribution in [0.1, 0.15) is 61.3 Å². The van der Waals surface area contributed by atoms with Crippen molar-refractivity contribution in [3.8, 4) is 0 Å². The first-order valence-electron chi connectivity index (χ1n) is 5.94. The maximum absolute atomic E-state index is 14.6. The van der Waals surface area contributed by atoms with Crippen molar-refractivity contribution < 1.29 is 13.2 Å². The second-order valence-electron chi connectivity index (χ2n) is 6.05. The fraction of sp³-hybridized carbons (Fsp3) is 1.00. The van der Waals surface area contributed by atoms with Crippen LogP contribution in [0, 0.1) is 10.8 Å². The van der Waals surface area contributed by atoms with Crippen molar-refractivity contribution in [1.29, 1.82) is 0 Å². The molecule has 0 amide bonds. The Bertz CT molecular complexity index is 214. The van der Waals surface area contributed by atoms with Crippen molar-refractivity contribution in [2.24, 2.45) is 10.8 Å². The topological polar surface area (TPSA) is 0 Å². The van der Waals surface area contributed by atoms with Crippen molar-refractivity contribution in [3.05, 3.63) is 0 Å². The average Bonchev–Trinajstić information content (AvgIpc) is 2.16. The highest BCUT2D eigenvalue weighted by Crippen LogP contribution is 2.55. The van der Waals surface area contributed by atoms with Gasteiger partial charge in [0.2, 0.25) is 0 Å². The van der Waals surface area contributed by atoms with Gasteiger partial charge in [0.05, 0.1) is 0 Å². The van der Waals surface area contributed by atoms with Crippen LogP contribution in [0.2, 0.25) is 0 Å². The van der Waals surface area contributed by atoms with E-state index in [1.54, 1.807) is 27.7 Å². The minimum Gasteiger partial charge on any atom is -0.237 e. The van der Waals surface area contributed by atoms with Crippen LogP contribution in [0.3, 0.4) is 0 Å². The first-order valence-corrected chi connectivity index (χ1v) is 5.94. The second-order valence-corrected chi connectivity index (χ2v) is 6.05. The quantitative estimate of drug-likeness (QED) is 0.615. The molecule has 0 heterocycles. The molecule has 0 N–H and O–H groups in total. The Morgan fingerprint density at radius 1 is 0.688 bits per heavy atom. The first kappa shape index (κ1) is 15.8. The minimum absolute atomic E-state index is 0.249. The third-order valence-corrected chi connectivity index (χ3v) is 4.48. The molecule has 0 aliphatic carbocycles. The van der Waals surface area contributed by atoms with Crippen molar-refractivity contribution in [2.75, 3.05) is 0 Å². The van der Waals surface area contributed by atoms with Crippen molar-refractivity contribution in [3.63, 3.8) is 0 Å². The van der Waals surface area contributed by atoms with Gasteiger partial charge < -0.3 is 0 Å². The molecule has 0 fully saturated rings. The molecule has 98 valence electrons. The van der Waals surface area contributed by atoms with Crippen LogP contribution >= 0.6 is 0 Å². The van der Waals surface area contributed by atoms with Gasteiger partial charge in [-0.2, -0.15) is 0 Å². The number of alkyl halides is 3. The van der Waals surface area contributed by atoms with E-state index in [-0.39, 0.29) is 6.42 Å². The number of hydrogen-bond donors (Lipinski definition) is 0. The van der Waals surface area contributed by atoms with Crippen LogP contribution in [0.5, 0.6) is 0 Å². The van der Waals surface area contributed by atoms with E-state index >= 15 is 0 Å². The molecule has 0 aromatic heterocycles. The Morgan fingerprint density at radius 2 is 1.00 bits per heavy atom. The van der Waals surface area contributed by atoms with Crippen LogP contribution in [-0.4, -0.2) is 11.6 Å². The predicted molar refractivity (Wildman–Crippen MR) is 62.6 cm³/mol. The van der Waals surface area contributed by atoms with Crippen molar-refractivity contribution in [2.45, 2.75) is 72.9 Å². The lowest BCUT2D eigenvalue weighted by molar-refractivity contribution is -0.238. The monoisotopic (exact) mass is 238 g/mol. The molecule has 0 aliphatic rings. The Balaban J connectivity index is 5.46. The number of rotatable bonds is 5. The summed E-state index contributed by atoms with van der Waals surface area (Å²) in [6.45, 7) is 10.4. The maximum Gasteiger partial charge on any atom is 0.286 e. The van der Waals surface area contributed by atoms with Crippen LogP contribution < -0.4 is 0 Å². The number of hydrogen-bond acceptors (Lipinski definition) is 0. The average molecular weight is 238 g/mol. The van der Waals surface area contributed by atoms with Gasteiger partial charge in [0.15, 0.2) is 5.67 Å². The van der Waals surface area contributed by atoms with E-state index in [0.717, 1.165) is 6.92 Å². The largest absolute Gasteiger partial charge is 0.286 e. The summed E-state index contributed by atoms with van der Waals surface area (Å²) in [6.07, 6.45) is 0.634. The summed E-state index contributed by atoms with van der Waals surface area (Å²) in [5, 5.41) is 0. The van der Waals surface area contributed by atoms with Gasteiger partial charge >= 0.3 is 0 Å². The van der Waals surface area contributed by atoms with E-state index in [0.29, 0.717) is 6.42 Å². The Kier molecular flexibility index (Phi) is 4.17. The van der Waals surface area contributed by atoms with E-state index in [1.165, 1.54) is 13.8 Å². The van der Waals surface area contributed by atoms with Gasteiger partial charge in [-0.25, -0.2) is 13.2 Å². The van der Waals surface area contributed by atoms with Gasteiger partial charge in [-0.1, -0.05) is 41.5 Å². The maximum atomic E-state index is 14.6. The Hall–Kier alpha value is -0.210. The molecule has 0 aromatic carbocycles.